The molecular formula is C13H23NO5. The van der Waals surface area contributed by atoms with Crippen LogP contribution in [-0.4, -0.2) is 48.6 Å². The number of aliphatic carboxylic acids is 1. The fraction of sp³-hybridized carbons (Fsp3) is 0.769. The molecule has 1 amide bonds. The van der Waals surface area contributed by atoms with E-state index >= 15 is 0 Å². The summed E-state index contributed by atoms with van der Waals surface area (Å²) < 4.78 is 4.59. The van der Waals surface area contributed by atoms with E-state index in [1.165, 1.54) is 12.0 Å². The Hall–Kier alpha value is -1.59. The molecule has 6 nitrogen and oxygen atoms in total. The van der Waals surface area contributed by atoms with E-state index in [1.807, 2.05) is 0 Å². The predicted octanol–water partition coefficient (Wildman–Crippen LogP) is 1.14. The summed E-state index contributed by atoms with van der Waals surface area (Å²) in [5.41, 5.74) is -0.605. The van der Waals surface area contributed by atoms with Crippen molar-refractivity contribution in [1.82, 2.24) is 4.90 Å². The molecule has 0 spiro atoms. The van der Waals surface area contributed by atoms with Gasteiger partial charge in [-0.15, -0.1) is 0 Å². The van der Waals surface area contributed by atoms with Crippen molar-refractivity contribution in [2.75, 3.05) is 20.7 Å². The zero-order valence-corrected chi connectivity index (χ0v) is 12.2. The largest absolute Gasteiger partial charge is 0.481 e. The molecule has 0 aliphatic carbocycles. The molecule has 1 N–H and O–H groups in total. The molecule has 0 aliphatic heterocycles. The zero-order valence-electron chi connectivity index (χ0n) is 12.2. The topological polar surface area (TPSA) is 83.9 Å². The summed E-state index contributed by atoms with van der Waals surface area (Å²) in [5, 5.41) is 8.76. The lowest BCUT2D eigenvalue weighted by Crippen LogP contribution is -2.36. The molecule has 0 heterocycles. The Labute approximate surface area is 113 Å². The van der Waals surface area contributed by atoms with Gasteiger partial charge in [-0.3, -0.25) is 14.4 Å². The third kappa shape index (κ3) is 6.79. The van der Waals surface area contributed by atoms with Crippen LogP contribution in [0.1, 0.15) is 33.6 Å². The number of methoxy groups -OCH3 is 1. The number of hydrogen-bond acceptors (Lipinski definition) is 4. The molecule has 110 valence electrons. The van der Waals surface area contributed by atoms with Crippen molar-refractivity contribution in [3.63, 3.8) is 0 Å². The minimum atomic E-state index is -0.927. The van der Waals surface area contributed by atoms with E-state index in [2.05, 4.69) is 4.74 Å². The Morgan fingerprint density at radius 2 is 1.79 bits per heavy atom. The van der Waals surface area contributed by atoms with Gasteiger partial charge in [-0.05, 0) is 5.41 Å². The second-order valence-electron chi connectivity index (χ2n) is 5.61. The number of carboxylic acid groups (broad SMARTS) is 1. The van der Waals surface area contributed by atoms with Crippen LogP contribution >= 0.6 is 0 Å². The van der Waals surface area contributed by atoms with Crippen molar-refractivity contribution in [2.45, 2.75) is 33.6 Å². The summed E-state index contributed by atoms with van der Waals surface area (Å²) in [6.07, 6.45) is 0.0584. The third-order valence-corrected chi connectivity index (χ3v) is 2.84. The Kier molecular flexibility index (Phi) is 6.52. The summed E-state index contributed by atoms with van der Waals surface area (Å²) in [6, 6.07) is 0. The maximum Gasteiger partial charge on any atom is 0.310 e. The molecule has 19 heavy (non-hydrogen) atoms. The van der Waals surface area contributed by atoms with Gasteiger partial charge in [-0.2, -0.15) is 0 Å². The molecule has 1 unspecified atom stereocenters. The van der Waals surface area contributed by atoms with Crippen LogP contribution in [0.5, 0.6) is 0 Å². The first kappa shape index (κ1) is 17.4. The van der Waals surface area contributed by atoms with Gasteiger partial charge in [0.2, 0.25) is 5.91 Å². The molecule has 0 fully saturated rings. The Morgan fingerprint density at radius 1 is 1.26 bits per heavy atom. The summed E-state index contributed by atoms with van der Waals surface area (Å²) >= 11 is 0. The molecule has 0 radical (unpaired) electrons. The summed E-state index contributed by atoms with van der Waals surface area (Å²) in [5.74, 6) is -1.88. The highest BCUT2D eigenvalue weighted by atomic mass is 16.5. The number of nitrogens with zero attached hydrogens (tertiary/aromatic N) is 1. The van der Waals surface area contributed by atoms with E-state index < -0.39 is 17.3 Å². The molecule has 1 atom stereocenters. The summed E-state index contributed by atoms with van der Waals surface area (Å²) in [7, 11) is 2.90. The minimum Gasteiger partial charge on any atom is -0.481 e. The first-order valence-electron chi connectivity index (χ1n) is 6.12. The van der Waals surface area contributed by atoms with Crippen LogP contribution in [0.3, 0.4) is 0 Å². The van der Waals surface area contributed by atoms with Crippen molar-refractivity contribution in [3.05, 3.63) is 0 Å². The van der Waals surface area contributed by atoms with E-state index in [9.17, 15) is 14.4 Å². The predicted molar refractivity (Wildman–Crippen MR) is 69.5 cm³/mol. The van der Waals surface area contributed by atoms with E-state index in [4.69, 9.17) is 5.11 Å². The molecule has 0 rings (SSSR count). The normalized spacial score (nSPS) is 12.7. The fourth-order valence-corrected chi connectivity index (χ4v) is 1.80. The van der Waals surface area contributed by atoms with Crippen LogP contribution < -0.4 is 0 Å². The maximum absolute atomic E-state index is 12.0. The van der Waals surface area contributed by atoms with Crippen molar-refractivity contribution in [3.8, 4) is 0 Å². The molecule has 0 bridgehead atoms. The molecule has 0 aromatic heterocycles. The highest BCUT2D eigenvalue weighted by molar-refractivity contribution is 5.79. The Morgan fingerprint density at radius 3 is 2.21 bits per heavy atom. The SMILES string of the molecule is COC(=O)C(C)CN(C)C(=O)CC(C)(C)CC(=O)O. The van der Waals surface area contributed by atoms with Crippen LogP contribution in [-0.2, 0) is 19.1 Å². The average Bonchev–Trinajstić information content (AvgIpc) is 2.24. The van der Waals surface area contributed by atoms with E-state index in [0.29, 0.717) is 0 Å². The van der Waals surface area contributed by atoms with Crippen LogP contribution in [0.2, 0.25) is 0 Å². The number of amides is 1. The van der Waals surface area contributed by atoms with Gasteiger partial charge in [0.15, 0.2) is 0 Å². The molecule has 6 heteroatoms. The number of carbonyl (C=O) groups excluding carboxylic acids is 2. The van der Waals surface area contributed by atoms with Gasteiger partial charge in [0, 0.05) is 20.0 Å². The van der Waals surface area contributed by atoms with E-state index in [-0.39, 0.29) is 31.3 Å². The van der Waals surface area contributed by atoms with Crippen molar-refractivity contribution >= 4 is 17.8 Å². The lowest BCUT2D eigenvalue weighted by Gasteiger charge is -2.26. The Bertz CT molecular complexity index is 351. The zero-order chi connectivity index (χ0) is 15.2. The van der Waals surface area contributed by atoms with Gasteiger partial charge >= 0.3 is 11.9 Å². The van der Waals surface area contributed by atoms with Crippen molar-refractivity contribution < 1.29 is 24.2 Å². The standard InChI is InChI=1S/C13H23NO5/c1-9(12(18)19-5)8-14(4)10(15)6-13(2,3)7-11(16)17/h9H,6-8H2,1-5H3,(H,16,17). The number of ether oxygens (including phenoxy) is 1. The maximum atomic E-state index is 12.0. The highest BCUT2D eigenvalue weighted by Crippen LogP contribution is 2.25. The lowest BCUT2D eigenvalue weighted by atomic mass is 9.85. The van der Waals surface area contributed by atoms with Gasteiger partial charge in [0.1, 0.15) is 0 Å². The third-order valence-electron chi connectivity index (χ3n) is 2.84. The Balaban J connectivity index is 4.42. The van der Waals surface area contributed by atoms with Gasteiger partial charge in [0.05, 0.1) is 19.4 Å². The van der Waals surface area contributed by atoms with Gasteiger partial charge in [-0.1, -0.05) is 20.8 Å². The number of esters is 1. The number of carbonyl (C=O) groups is 3. The highest BCUT2D eigenvalue weighted by Gasteiger charge is 2.27. The van der Waals surface area contributed by atoms with Crippen molar-refractivity contribution in [2.24, 2.45) is 11.3 Å². The second kappa shape index (κ2) is 7.11. The first-order valence-corrected chi connectivity index (χ1v) is 6.12. The number of hydrogen-bond donors (Lipinski definition) is 1. The lowest BCUT2D eigenvalue weighted by molar-refractivity contribution is -0.146. The molecular weight excluding hydrogens is 250 g/mol. The summed E-state index contributed by atoms with van der Waals surface area (Å²) in [6.45, 7) is 5.40. The number of carboxylic acids is 1. The summed E-state index contributed by atoms with van der Waals surface area (Å²) in [4.78, 5) is 35.4. The quantitative estimate of drug-likeness (QED) is 0.703. The monoisotopic (exact) mass is 273 g/mol. The van der Waals surface area contributed by atoms with Crippen LogP contribution in [0, 0.1) is 11.3 Å². The molecule has 0 aromatic rings. The van der Waals surface area contributed by atoms with Crippen LogP contribution in [0.4, 0.5) is 0 Å². The van der Waals surface area contributed by atoms with E-state index in [0.717, 1.165) is 0 Å². The second-order valence-corrected chi connectivity index (χ2v) is 5.61. The minimum absolute atomic E-state index is 0.0703. The number of rotatable bonds is 7. The molecule has 0 aliphatic rings. The van der Waals surface area contributed by atoms with Crippen molar-refractivity contribution in [1.29, 1.82) is 0 Å². The molecule has 0 saturated carbocycles. The van der Waals surface area contributed by atoms with Gasteiger partial charge in [-0.25, -0.2) is 0 Å². The fourth-order valence-electron chi connectivity index (χ4n) is 1.80. The van der Waals surface area contributed by atoms with Gasteiger partial charge in [0.25, 0.3) is 0 Å². The average molecular weight is 273 g/mol. The molecule has 0 saturated heterocycles. The molecule has 0 aromatic carbocycles. The van der Waals surface area contributed by atoms with Crippen LogP contribution in [0.25, 0.3) is 0 Å². The van der Waals surface area contributed by atoms with Crippen LogP contribution in [0.15, 0.2) is 0 Å². The first-order chi connectivity index (χ1) is 8.59. The van der Waals surface area contributed by atoms with E-state index in [1.54, 1.807) is 27.8 Å². The smallest absolute Gasteiger partial charge is 0.310 e. The van der Waals surface area contributed by atoms with Gasteiger partial charge < -0.3 is 14.7 Å².